The van der Waals surface area contributed by atoms with Gasteiger partial charge in [0, 0.05) is 11.1 Å². The molecule has 6 heteroatoms. The van der Waals surface area contributed by atoms with Gasteiger partial charge >= 0.3 is 6.18 Å². The quantitative estimate of drug-likeness (QED) is 0.733. The lowest BCUT2D eigenvalue weighted by Crippen LogP contribution is -2.10. The molecule has 1 rings (SSSR count). The summed E-state index contributed by atoms with van der Waals surface area (Å²) in [7, 11) is 0. The molecule has 0 amide bonds. The molecule has 0 aliphatic carbocycles. The molecule has 0 fully saturated rings. The van der Waals surface area contributed by atoms with Crippen molar-refractivity contribution in [3.05, 3.63) is 28.5 Å². The molecule has 0 aliphatic rings. The first-order chi connectivity index (χ1) is 7.36. The summed E-state index contributed by atoms with van der Waals surface area (Å²) >= 11 is 5.46. The molecule has 0 heterocycles. The van der Waals surface area contributed by atoms with Crippen molar-refractivity contribution in [2.45, 2.75) is 19.5 Å². The summed E-state index contributed by atoms with van der Waals surface area (Å²) in [5.41, 5.74) is -1.41. The third-order valence-electron chi connectivity index (χ3n) is 1.77. The maximum atomic E-state index is 13.4. The monoisotopic (exact) mass is 256 g/mol. The molecule has 0 N–H and O–H groups in total. The van der Waals surface area contributed by atoms with Crippen LogP contribution >= 0.6 is 11.6 Å². The van der Waals surface area contributed by atoms with Crippen molar-refractivity contribution in [3.63, 3.8) is 0 Å². The van der Waals surface area contributed by atoms with Gasteiger partial charge in [-0.05, 0) is 12.5 Å². The first-order valence-corrected chi connectivity index (χ1v) is 4.93. The predicted molar refractivity (Wildman–Crippen MR) is 52.2 cm³/mol. The van der Waals surface area contributed by atoms with Gasteiger partial charge in [-0.1, -0.05) is 18.5 Å². The number of hydrogen-bond donors (Lipinski definition) is 0. The first-order valence-electron chi connectivity index (χ1n) is 4.55. The standard InChI is InChI=1S/C10H9ClF4O/c1-2-3-16-8-5-6(11)4-7(9(8)12)10(13,14)15/h4-5H,2-3H2,1H3. The van der Waals surface area contributed by atoms with E-state index in [-0.39, 0.29) is 11.6 Å². The van der Waals surface area contributed by atoms with E-state index in [4.69, 9.17) is 16.3 Å². The van der Waals surface area contributed by atoms with Crippen LogP contribution in [0.3, 0.4) is 0 Å². The number of ether oxygens (including phenoxy) is 1. The van der Waals surface area contributed by atoms with E-state index in [1.54, 1.807) is 6.92 Å². The van der Waals surface area contributed by atoms with Crippen molar-refractivity contribution in [2.24, 2.45) is 0 Å². The van der Waals surface area contributed by atoms with E-state index < -0.39 is 23.3 Å². The Morgan fingerprint density at radius 1 is 1.31 bits per heavy atom. The Balaban J connectivity index is 3.16. The summed E-state index contributed by atoms with van der Waals surface area (Å²) in [5, 5.41) is -0.208. The van der Waals surface area contributed by atoms with Crippen LogP contribution < -0.4 is 4.74 Å². The van der Waals surface area contributed by atoms with Crippen molar-refractivity contribution in [1.29, 1.82) is 0 Å². The van der Waals surface area contributed by atoms with Crippen LogP contribution in [0.25, 0.3) is 0 Å². The summed E-state index contributed by atoms with van der Waals surface area (Å²) in [6.07, 6.45) is -4.22. The minimum atomic E-state index is -4.78. The zero-order chi connectivity index (χ0) is 12.3. The van der Waals surface area contributed by atoms with Crippen LogP contribution in [0.5, 0.6) is 5.75 Å². The lowest BCUT2D eigenvalue weighted by Gasteiger charge is -2.12. The van der Waals surface area contributed by atoms with E-state index in [1.165, 1.54) is 0 Å². The molecule has 0 unspecified atom stereocenters. The molecule has 0 aliphatic heterocycles. The lowest BCUT2D eigenvalue weighted by atomic mass is 10.2. The SMILES string of the molecule is CCCOc1cc(Cl)cc(C(F)(F)F)c1F. The molecule has 0 radical (unpaired) electrons. The molecule has 0 atom stereocenters. The van der Waals surface area contributed by atoms with Gasteiger partial charge in [-0.2, -0.15) is 13.2 Å². The minimum Gasteiger partial charge on any atom is -0.490 e. The van der Waals surface area contributed by atoms with Gasteiger partial charge in [0.2, 0.25) is 0 Å². The van der Waals surface area contributed by atoms with E-state index in [9.17, 15) is 17.6 Å². The van der Waals surface area contributed by atoms with E-state index in [1.807, 2.05) is 0 Å². The highest BCUT2D eigenvalue weighted by Crippen LogP contribution is 2.37. The summed E-state index contributed by atoms with van der Waals surface area (Å²) in [6.45, 7) is 1.89. The molecule has 0 spiro atoms. The highest BCUT2D eigenvalue weighted by molar-refractivity contribution is 6.30. The predicted octanol–water partition coefficient (Wildman–Crippen LogP) is 4.29. The van der Waals surface area contributed by atoms with E-state index >= 15 is 0 Å². The topological polar surface area (TPSA) is 9.23 Å². The Labute approximate surface area is 95.0 Å². The normalized spacial score (nSPS) is 11.6. The van der Waals surface area contributed by atoms with Gasteiger partial charge in [0.15, 0.2) is 11.6 Å². The number of alkyl halides is 3. The van der Waals surface area contributed by atoms with Crippen LogP contribution in [-0.2, 0) is 6.18 Å². The average molecular weight is 257 g/mol. The van der Waals surface area contributed by atoms with Gasteiger partial charge in [-0.3, -0.25) is 0 Å². The van der Waals surface area contributed by atoms with E-state index in [0.717, 1.165) is 6.07 Å². The van der Waals surface area contributed by atoms with Gasteiger partial charge in [-0.15, -0.1) is 0 Å². The summed E-state index contributed by atoms with van der Waals surface area (Å²) in [4.78, 5) is 0. The van der Waals surface area contributed by atoms with Crippen LogP contribution in [0.4, 0.5) is 17.6 Å². The van der Waals surface area contributed by atoms with Crippen molar-refractivity contribution >= 4 is 11.6 Å². The van der Waals surface area contributed by atoms with Crippen LogP contribution in [-0.4, -0.2) is 6.61 Å². The summed E-state index contributed by atoms with van der Waals surface area (Å²) in [5.74, 6) is -1.90. The van der Waals surface area contributed by atoms with E-state index in [0.29, 0.717) is 12.5 Å². The molecule has 0 aromatic heterocycles. The van der Waals surface area contributed by atoms with Gasteiger partial charge in [0.1, 0.15) is 0 Å². The van der Waals surface area contributed by atoms with Gasteiger partial charge in [0.05, 0.1) is 12.2 Å². The average Bonchev–Trinajstić information content (AvgIpc) is 2.17. The fourth-order valence-corrected chi connectivity index (χ4v) is 1.30. The number of benzene rings is 1. The number of rotatable bonds is 3. The summed E-state index contributed by atoms with van der Waals surface area (Å²) < 4.78 is 55.3. The third-order valence-corrected chi connectivity index (χ3v) is 1.99. The van der Waals surface area contributed by atoms with Crippen LogP contribution in [0.2, 0.25) is 5.02 Å². The van der Waals surface area contributed by atoms with Gasteiger partial charge in [0.25, 0.3) is 0 Å². The van der Waals surface area contributed by atoms with Crippen LogP contribution in [0, 0.1) is 5.82 Å². The minimum absolute atomic E-state index is 0.133. The second kappa shape index (κ2) is 4.91. The second-order valence-corrected chi connectivity index (χ2v) is 3.55. The third kappa shape index (κ3) is 3.01. The highest BCUT2D eigenvalue weighted by atomic mass is 35.5. The fraction of sp³-hybridized carbons (Fsp3) is 0.400. The van der Waals surface area contributed by atoms with Gasteiger partial charge in [-0.25, -0.2) is 4.39 Å². The maximum Gasteiger partial charge on any atom is 0.419 e. The lowest BCUT2D eigenvalue weighted by molar-refractivity contribution is -0.140. The molecule has 16 heavy (non-hydrogen) atoms. The second-order valence-electron chi connectivity index (χ2n) is 3.11. The molecule has 0 saturated heterocycles. The van der Waals surface area contributed by atoms with Crippen LogP contribution in [0.1, 0.15) is 18.9 Å². The Morgan fingerprint density at radius 2 is 1.94 bits per heavy atom. The Kier molecular flexibility index (Phi) is 4.02. The largest absolute Gasteiger partial charge is 0.490 e. The van der Waals surface area contributed by atoms with Gasteiger partial charge < -0.3 is 4.74 Å². The Morgan fingerprint density at radius 3 is 2.44 bits per heavy atom. The van der Waals surface area contributed by atoms with Crippen molar-refractivity contribution < 1.29 is 22.3 Å². The smallest absolute Gasteiger partial charge is 0.419 e. The first kappa shape index (κ1) is 13.1. The maximum absolute atomic E-state index is 13.4. The zero-order valence-electron chi connectivity index (χ0n) is 8.37. The molecule has 0 saturated carbocycles. The molecule has 1 aromatic rings. The molecule has 1 aromatic carbocycles. The highest BCUT2D eigenvalue weighted by Gasteiger charge is 2.36. The molecular formula is C10H9ClF4O. The molecular weight excluding hydrogens is 248 g/mol. The van der Waals surface area contributed by atoms with Crippen molar-refractivity contribution in [3.8, 4) is 5.75 Å². The Bertz CT molecular complexity index is 376. The molecule has 1 nitrogen and oxygen atoms in total. The number of halogens is 5. The van der Waals surface area contributed by atoms with Crippen LogP contribution in [0.15, 0.2) is 12.1 Å². The summed E-state index contributed by atoms with van der Waals surface area (Å²) in [6, 6.07) is 1.57. The molecule has 0 bridgehead atoms. The number of hydrogen-bond acceptors (Lipinski definition) is 1. The van der Waals surface area contributed by atoms with Crippen molar-refractivity contribution in [2.75, 3.05) is 6.61 Å². The Hall–Kier alpha value is -0.970. The van der Waals surface area contributed by atoms with Crippen molar-refractivity contribution in [1.82, 2.24) is 0 Å². The zero-order valence-corrected chi connectivity index (χ0v) is 9.12. The fourth-order valence-electron chi connectivity index (χ4n) is 1.09. The van der Waals surface area contributed by atoms with E-state index in [2.05, 4.69) is 0 Å². The molecule has 90 valence electrons.